The van der Waals surface area contributed by atoms with Crippen molar-refractivity contribution >= 4 is 5.91 Å². The van der Waals surface area contributed by atoms with E-state index < -0.39 is 5.54 Å². The Morgan fingerprint density at radius 2 is 2.10 bits per heavy atom. The molecule has 0 unspecified atom stereocenters. The van der Waals surface area contributed by atoms with E-state index >= 15 is 0 Å². The fourth-order valence-corrected chi connectivity index (χ4v) is 2.71. The first-order chi connectivity index (χ1) is 9.46. The number of nitrogens with zero attached hydrogens (tertiary/aromatic N) is 1. The zero-order valence-electron chi connectivity index (χ0n) is 11.9. The second kappa shape index (κ2) is 5.54. The highest BCUT2D eigenvalue weighted by Gasteiger charge is 2.36. The molecule has 4 heteroatoms. The van der Waals surface area contributed by atoms with Crippen molar-refractivity contribution < 1.29 is 9.90 Å². The number of carbonyl (C=O) groups is 1. The van der Waals surface area contributed by atoms with Crippen LogP contribution >= 0.6 is 0 Å². The van der Waals surface area contributed by atoms with Crippen molar-refractivity contribution in [1.29, 1.82) is 5.26 Å². The lowest BCUT2D eigenvalue weighted by Crippen LogP contribution is -2.49. The summed E-state index contributed by atoms with van der Waals surface area (Å²) < 4.78 is 0. The Morgan fingerprint density at radius 3 is 2.65 bits per heavy atom. The fraction of sp³-hybridized carbons (Fsp3) is 0.500. The number of nitrogens with one attached hydrogen (secondary N) is 1. The summed E-state index contributed by atoms with van der Waals surface area (Å²) in [6, 6.07) is 6.92. The van der Waals surface area contributed by atoms with E-state index in [-0.39, 0.29) is 11.7 Å². The fourth-order valence-electron chi connectivity index (χ4n) is 2.71. The van der Waals surface area contributed by atoms with Crippen molar-refractivity contribution in [2.45, 2.75) is 45.1 Å². The maximum absolute atomic E-state index is 12.3. The van der Waals surface area contributed by atoms with Gasteiger partial charge in [0.15, 0.2) is 0 Å². The zero-order valence-corrected chi connectivity index (χ0v) is 11.9. The smallest absolute Gasteiger partial charge is 0.252 e. The van der Waals surface area contributed by atoms with Gasteiger partial charge in [0.25, 0.3) is 5.91 Å². The topological polar surface area (TPSA) is 73.1 Å². The van der Waals surface area contributed by atoms with Gasteiger partial charge in [0, 0.05) is 5.56 Å². The number of nitriles is 1. The van der Waals surface area contributed by atoms with E-state index in [4.69, 9.17) is 0 Å². The van der Waals surface area contributed by atoms with E-state index in [0.717, 1.165) is 12.8 Å². The SMILES string of the molecule is Cc1cc(O)ccc1C(=O)NC1(C#N)CCC(C)CC1. The Bertz CT molecular complexity index is 552. The predicted molar refractivity (Wildman–Crippen MR) is 76.3 cm³/mol. The molecule has 2 rings (SSSR count). The minimum Gasteiger partial charge on any atom is -0.508 e. The van der Waals surface area contributed by atoms with Gasteiger partial charge < -0.3 is 10.4 Å². The summed E-state index contributed by atoms with van der Waals surface area (Å²) in [5, 5.41) is 21.7. The molecular formula is C16H20N2O2. The zero-order chi connectivity index (χ0) is 14.8. The Hall–Kier alpha value is -2.02. The molecule has 0 saturated heterocycles. The van der Waals surface area contributed by atoms with Crippen LogP contribution in [0.1, 0.15) is 48.5 Å². The third-order valence-corrected chi connectivity index (χ3v) is 4.15. The van der Waals surface area contributed by atoms with Crippen LogP contribution in [0.25, 0.3) is 0 Å². The number of phenolic OH excluding ortho intramolecular Hbond substituents is 1. The number of aryl methyl sites for hydroxylation is 1. The molecule has 1 amide bonds. The number of hydrogen-bond donors (Lipinski definition) is 2. The lowest BCUT2D eigenvalue weighted by Gasteiger charge is -2.34. The van der Waals surface area contributed by atoms with E-state index in [2.05, 4.69) is 18.3 Å². The molecule has 0 bridgehead atoms. The van der Waals surface area contributed by atoms with Crippen LogP contribution in [0.4, 0.5) is 0 Å². The first-order valence-corrected chi connectivity index (χ1v) is 6.99. The van der Waals surface area contributed by atoms with Crippen molar-refractivity contribution in [2.75, 3.05) is 0 Å². The Labute approximate surface area is 119 Å². The first kappa shape index (κ1) is 14.4. The molecule has 0 radical (unpaired) electrons. The second-order valence-corrected chi connectivity index (χ2v) is 5.83. The summed E-state index contributed by atoms with van der Waals surface area (Å²) in [4.78, 5) is 12.3. The second-order valence-electron chi connectivity index (χ2n) is 5.83. The van der Waals surface area contributed by atoms with Gasteiger partial charge in [-0.25, -0.2) is 0 Å². The molecule has 1 aromatic rings. The van der Waals surface area contributed by atoms with E-state index in [0.29, 0.717) is 29.9 Å². The summed E-state index contributed by atoms with van der Waals surface area (Å²) >= 11 is 0. The van der Waals surface area contributed by atoms with Crippen LogP contribution in [-0.4, -0.2) is 16.6 Å². The van der Waals surface area contributed by atoms with Gasteiger partial charge in [-0.15, -0.1) is 0 Å². The van der Waals surface area contributed by atoms with E-state index in [1.165, 1.54) is 6.07 Å². The Balaban J connectivity index is 2.16. The van der Waals surface area contributed by atoms with Crippen LogP contribution in [0.15, 0.2) is 18.2 Å². The minimum atomic E-state index is -0.742. The van der Waals surface area contributed by atoms with Gasteiger partial charge in [0.05, 0.1) is 6.07 Å². The lowest BCUT2D eigenvalue weighted by molar-refractivity contribution is 0.0893. The number of carbonyl (C=O) groups excluding carboxylic acids is 1. The number of aromatic hydroxyl groups is 1. The number of amides is 1. The summed E-state index contributed by atoms with van der Waals surface area (Å²) in [6.07, 6.45) is 3.33. The van der Waals surface area contributed by atoms with E-state index in [1.807, 2.05) is 0 Å². The summed E-state index contributed by atoms with van der Waals surface area (Å²) in [6.45, 7) is 3.95. The standard InChI is InChI=1S/C16H20N2O2/c1-11-5-7-16(10-17,8-6-11)18-15(20)14-4-3-13(19)9-12(14)2/h3-4,9,11,19H,5-8H2,1-2H3,(H,18,20). The molecular weight excluding hydrogens is 252 g/mol. The van der Waals surface area contributed by atoms with Crippen molar-refractivity contribution in [3.05, 3.63) is 29.3 Å². The van der Waals surface area contributed by atoms with Gasteiger partial charge in [-0.05, 0) is 62.3 Å². The molecule has 1 fully saturated rings. The number of phenols is 1. The van der Waals surface area contributed by atoms with Gasteiger partial charge in [0.1, 0.15) is 11.3 Å². The van der Waals surface area contributed by atoms with Crippen LogP contribution in [0.3, 0.4) is 0 Å². The van der Waals surface area contributed by atoms with Crippen LogP contribution in [0.2, 0.25) is 0 Å². The normalized spacial score (nSPS) is 25.8. The van der Waals surface area contributed by atoms with Gasteiger partial charge in [-0.2, -0.15) is 5.26 Å². The molecule has 0 aliphatic heterocycles. The van der Waals surface area contributed by atoms with Crippen LogP contribution in [0, 0.1) is 24.2 Å². The van der Waals surface area contributed by atoms with Crippen molar-refractivity contribution in [3.8, 4) is 11.8 Å². The highest BCUT2D eigenvalue weighted by molar-refractivity contribution is 5.96. The largest absolute Gasteiger partial charge is 0.508 e. The number of hydrogen-bond acceptors (Lipinski definition) is 3. The molecule has 1 aliphatic carbocycles. The van der Waals surface area contributed by atoms with Crippen LogP contribution in [0.5, 0.6) is 5.75 Å². The molecule has 106 valence electrons. The third kappa shape index (κ3) is 2.93. The predicted octanol–water partition coefficient (Wildman–Crippen LogP) is 2.90. The lowest BCUT2D eigenvalue weighted by atomic mass is 9.78. The van der Waals surface area contributed by atoms with Crippen LogP contribution in [-0.2, 0) is 0 Å². The number of rotatable bonds is 2. The van der Waals surface area contributed by atoms with Gasteiger partial charge >= 0.3 is 0 Å². The highest BCUT2D eigenvalue weighted by atomic mass is 16.3. The molecule has 0 aromatic heterocycles. The summed E-state index contributed by atoms with van der Waals surface area (Å²) in [7, 11) is 0. The number of benzene rings is 1. The summed E-state index contributed by atoms with van der Waals surface area (Å²) in [5.74, 6) is 0.517. The van der Waals surface area contributed by atoms with Crippen molar-refractivity contribution in [3.63, 3.8) is 0 Å². The summed E-state index contributed by atoms with van der Waals surface area (Å²) in [5.41, 5.74) is 0.476. The molecule has 1 aliphatic rings. The monoisotopic (exact) mass is 272 g/mol. The Kier molecular flexibility index (Phi) is 3.99. The van der Waals surface area contributed by atoms with Gasteiger partial charge in [-0.3, -0.25) is 4.79 Å². The van der Waals surface area contributed by atoms with Crippen molar-refractivity contribution in [2.24, 2.45) is 5.92 Å². The van der Waals surface area contributed by atoms with E-state index in [1.54, 1.807) is 19.1 Å². The first-order valence-electron chi connectivity index (χ1n) is 6.99. The van der Waals surface area contributed by atoms with Gasteiger partial charge in [0.2, 0.25) is 0 Å². The molecule has 0 heterocycles. The minimum absolute atomic E-state index is 0.139. The Morgan fingerprint density at radius 1 is 1.45 bits per heavy atom. The quantitative estimate of drug-likeness (QED) is 0.869. The molecule has 20 heavy (non-hydrogen) atoms. The molecule has 0 atom stereocenters. The maximum atomic E-state index is 12.3. The van der Waals surface area contributed by atoms with E-state index in [9.17, 15) is 15.2 Å². The third-order valence-electron chi connectivity index (χ3n) is 4.15. The maximum Gasteiger partial charge on any atom is 0.252 e. The molecule has 0 spiro atoms. The highest BCUT2D eigenvalue weighted by Crippen LogP contribution is 2.31. The molecule has 1 aromatic carbocycles. The van der Waals surface area contributed by atoms with Gasteiger partial charge in [-0.1, -0.05) is 6.92 Å². The van der Waals surface area contributed by atoms with Crippen LogP contribution < -0.4 is 5.32 Å². The molecule has 4 nitrogen and oxygen atoms in total. The van der Waals surface area contributed by atoms with Crippen molar-refractivity contribution in [1.82, 2.24) is 5.32 Å². The average Bonchev–Trinajstić information content (AvgIpc) is 2.41. The molecule has 2 N–H and O–H groups in total. The average molecular weight is 272 g/mol. The molecule has 1 saturated carbocycles.